The largest absolute Gasteiger partial charge is 0.493 e. The highest BCUT2D eigenvalue weighted by Crippen LogP contribution is 2.27. The number of hydrogen-bond donors (Lipinski definition) is 1. The second-order valence-electron chi connectivity index (χ2n) is 6.04. The lowest BCUT2D eigenvalue weighted by Gasteiger charge is -2.26. The van der Waals surface area contributed by atoms with Crippen LogP contribution in [0.2, 0.25) is 0 Å². The average Bonchev–Trinajstić information content (AvgIpc) is 2.74. The number of anilines is 1. The number of nitrogens with one attached hydrogen (secondary N) is 1. The van der Waals surface area contributed by atoms with Gasteiger partial charge in [0.25, 0.3) is 5.91 Å². The van der Waals surface area contributed by atoms with Gasteiger partial charge in [-0.15, -0.1) is 0 Å². The molecular formula is C19H24N4O4. The molecule has 8 heteroatoms. The van der Waals surface area contributed by atoms with Gasteiger partial charge in [-0.25, -0.2) is 9.97 Å². The topological polar surface area (TPSA) is 85.8 Å². The van der Waals surface area contributed by atoms with E-state index in [-0.39, 0.29) is 5.91 Å². The van der Waals surface area contributed by atoms with Crippen LogP contribution < -0.4 is 14.8 Å². The highest BCUT2D eigenvalue weighted by molar-refractivity contribution is 5.92. The first-order valence-electron chi connectivity index (χ1n) is 8.86. The minimum absolute atomic E-state index is 0.0939. The molecule has 0 spiro atoms. The van der Waals surface area contributed by atoms with Crippen LogP contribution in [0.15, 0.2) is 30.5 Å². The van der Waals surface area contributed by atoms with Crippen molar-refractivity contribution in [3.05, 3.63) is 41.7 Å². The van der Waals surface area contributed by atoms with E-state index in [0.29, 0.717) is 56.0 Å². The Morgan fingerprint density at radius 3 is 2.70 bits per heavy atom. The standard InChI is InChI=1S/C19H24N4O4/c1-25-16-4-3-14(13-17(16)26-2)5-7-20-19-21-8-6-15(22-19)18(24)23-9-11-27-12-10-23/h3-4,6,8,13H,5,7,9-12H2,1-2H3,(H,20,21,22). The minimum Gasteiger partial charge on any atom is -0.493 e. The Hall–Kier alpha value is -2.87. The first-order chi connectivity index (χ1) is 13.2. The zero-order chi connectivity index (χ0) is 19.1. The van der Waals surface area contributed by atoms with Crippen molar-refractivity contribution in [3.8, 4) is 11.5 Å². The van der Waals surface area contributed by atoms with Crippen molar-refractivity contribution in [3.63, 3.8) is 0 Å². The van der Waals surface area contributed by atoms with Crippen LogP contribution in [0, 0.1) is 0 Å². The number of methoxy groups -OCH3 is 2. The van der Waals surface area contributed by atoms with Crippen molar-refractivity contribution >= 4 is 11.9 Å². The lowest BCUT2D eigenvalue weighted by Crippen LogP contribution is -2.41. The maximum atomic E-state index is 12.5. The van der Waals surface area contributed by atoms with Crippen LogP contribution in [0.5, 0.6) is 11.5 Å². The third-order valence-electron chi connectivity index (χ3n) is 4.32. The van der Waals surface area contributed by atoms with E-state index in [9.17, 15) is 4.79 Å². The van der Waals surface area contributed by atoms with Gasteiger partial charge < -0.3 is 24.4 Å². The zero-order valence-electron chi connectivity index (χ0n) is 15.6. The number of carbonyl (C=O) groups excluding carboxylic acids is 1. The number of hydrogen-bond acceptors (Lipinski definition) is 7. The maximum absolute atomic E-state index is 12.5. The van der Waals surface area contributed by atoms with Gasteiger partial charge in [0.05, 0.1) is 27.4 Å². The van der Waals surface area contributed by atoms with E-state index in [1.54, 1.807) is 31.4 Å². The molecule has 144 valence electrons. The van der Waals surface area contributed by atoms with Crippen LogP contribution in [0.1, 0.15) is 16.1 Å². The molecule has 1 fully saturated rings. The van der Waals surface area contributed by atoms with E-state index in [0.717, 1.165) is 12.0 Å². The third kappa shape index (κ3) is 4.85. The number of aromatic nitrogens is 2. The SMILES string of the molecule is COc1ccc(CCNc2nccc(C(=O)N3CCOCC3)n2)cc1OC. The molecule has 1 aliphatic heterocycles. The smallest absolute Gasteiger partial charge is 0.272 e. The Labute approximate surface area is 158 Å². The predicted octanol–water partition coefficient (Wildman–Crippen LogP) is 1.62. The second-order valence-corrected chi connectivity index (χ2v) is 6.04. The van der Waals surface area contributed by atoms with Gasteiger partial charge in [-0.05, 0) is 30.2 Å². The summed E-state index contributed by atoms with van der Waals surface area (Å²) >= 11 is 0. The van der Waals surface area contributed by atoms with E-state index < -0.39 is 0 Å². The molecule has 0 bridgehead atoms. The summed E-state index contributed by atoms with van der Waals surface area (Å²) in [6.45, 7) is 2.93. The number of morpholine rings is 1. The van der Waals surface area contributed by atoms with Crippen LogP contribution in [0.25, 0.3) is 0 Å². The fraction of sp³-hybridized carbons (Fsp3) is 0.421. The molecule has 3 rings (SSSR count). The van der Waals surface area contributed by atoms with Crippen molar-refractivity contribution in [2.45, 2.75) is 6.42 Å². The first kappa shape index (κ1) is 18.9. The monoisotopic (exact) mass is 372 g/mol. The molecule has 1 aliphatic rings. The molecule has 1 N–H and O–H groups in total. The first-order valence-corrected chi connectivity index (χ1v) is 8.86. The number of rotatable bonds is 7. The normalized spacial score (nSPS) is 13.9. The van der Waals surface area contributed by atoms with Crippen LogP contribution in [0.3, 0.4) is 0 Å². The van der Waals surface area contributed by atoms with Gasteiger partial charge in [-0.1, -0.05) is 6.07 Å². The summed E-state index contributed by atoms with van der Waals surface area (Å²) in [4.78, 5) is 22.8. The Balaban J connectivity index is 1.58. The van der Waals surface area contributed by atoms with Gasteiger partial charge in [0, 0.05) is 25.8 Å². The molecule has 2 aromatic rings. The third-order valence-corrected chi connectivity index (χ3v) is 4.32. The highest BCUT2D eigenvalue weighted by Gasteiger charge is 2.20. The Morgan fingerprint density at radius 2 is 1.96 bits per heavy atom. The van der Waals surface area contributed by atoms with E-state index >= 15 is 0 Å². The number of carbonyl (C=O) groups is 1. The number of ether oxygens (including phenoxy) is 3. The summed E-state index contributed by atoms with van der Waals surface area (Å²) in [6, 6.07) is 7.45. The van der Waals surface area contributed by atoms with Gasteiger partial charge in [0.15, 0.2) is 11.5 Å². The molecule has 0 atom stereocenters. The lowest BCUT2D eigenvalue weighted by atomic mass is 10.1. The molecule has 1 aromatic heterocycles. The van der Waals surface area contributed by atoms with Crippen molar-refractivity contribution in [1.82, 2.24) is 14.9 Å². The Kier molecular flexibility index (Phi) is 6.43. The van der Waals surface area contributed by atoms with Crippen LogP contribution in [-0.4, -0.2) is 67.8 Å². The summed E-state index contributed by atoms with van der Waals surface area (Å²) in [7, 11) is 3.23. The van der Waals surface area contributed by atoms with Gasteiger partial charge in [0.2, 0.25) is 5.95 Å². The average molecular weight is 372 g/mol. The van der Waals surface area contributed by atoms with E-state index in [1.165, 1.54) is 0 Å². The summed E-state index contributed by atoms with van der Waals surface area (Å²) in [5, 5.41) is 3.17. The quantitative estimate of drug-likeness (QED) is 0.790. The second kappa shape index (κ2) is 9.18. The van der Waals surface area contributed by atoms with Crippen molar-refractivity contribution < 1.29 is 19.0 Å². The molecule has 0 saturated carbocycles. The van der Waals surface area contributed by atoms with Crippen molar-refractivity contribution in [2.75, 3.05) is 52.4 Å². The predicted molar refractivity (Wildman–Crippen MR) is 100 cm³/mol. The van der Waals surface area contributed by atoms with Gasteiger partial charge >= 0.3 is 0 Å². The number of benzene rings is 1. The molecule has 0 aliphatic carbocycles. The van der Waals surface area contributed by atoms with Crippen molar-refractivity contribution in [2.24, 2.45) is 0 Å². The van der Waals surface area contributed by atoms with E-state index in [4.69, 9.17) is 14.2 Å². The molecule has 1 amide bonds. The lowest BCUT2D eigenvalue weighted by molar-refractivity contribution is 0.0299. The Bertz CT molecular complexity index is 778. The van der Waals surface area contributed by atoms with Gasteiger partial charge in [-0.2, -0.15) is 0 Å². The fourth-order valence-corrected chi connectivity index (χ4v) is 2.85. The van der Waals surface area contributed by atoms with E-state index in [2.05, 4.69) is 15.3 Å². The molecule has 1 saturated heterocycles. The summed E-state index contributed by atoms with van der Waals surface area (Å²) in [5.74, 6) is 1.74. The molecular weight excluding hydrogens is 348 g/mol. The van der Waals surface area contributed by atoms with Crippen LogP contribution in [0.4, 0.5) is 5.95 Å². The minimum atomic E-state index is -0.0939. The van der Waals surface area contributed by atoms with Gasteiger partial charge in [-0.3, -0.25) is 4.79 Å². The number of nitrogens with zero attached hydrogens (tertiary/aromatic N) is 3. The van der Waals surface area contributed by atoms with E-state index in [1.807, 2.05) is 18.2 Å². The molecule has 27 heavy (non-hydrogen) atoms. The van der Waals surface area contributed by atoms with Gasteiger partial charge in [0.1, 0.15) is 5.69 Å². The molecule has 0 radical (unpaired) electrons. The molecule has 1 aromatic carbocycles. The van der Waals surface area contributed by atoms with Crippen molar-refractivity contribution in [1.29, 1.82) is 0 Å². The summed E-state index contributed by atoms with van der Waals surface area (Å²) < 4.78 is 15.8. The fourth-order valence-electron chi connectivity index (χ4n) is 2.85. The molecule has 0 unspecified atom stereocenters. The molecule has 8 nitrogen and oxygen atoms in total. The highest BCUT2D eigenvalue weighted by atomic mass is 16.5. The molecule has 2 heterocycles. The zero-order valence-corrected chi connectivity index (χ0v) is 15.6. The summed E-state index contributed by atoms with van der Waals surface area (Å²) in [6.07, 6.45) is 2.35. The van der Waals surface area contributed by atoms with Crippen LogP contribution >= 0.6 is 0 Å². The van der Waals surface area contributed by atoms with Crippen LogP contribution in [-0.2, 0) is 11.2 Å². The number of amides is 1. The Morgan fingerprint density at radius 1 is 1.19 bits per heavy atom. The summed E-state index contributed by atoms with van der Waals surface area (Å²) in [5.41, 5.74) is 1.49. The maximum Gasteiger partial charge on any atom is 0.272 e.